The Morgan fingerprint density at radius 1 is 1.10 bits per heavy atom. The van der Waals surface area contributed by atoms with Gasteiger partial charge in [-0.25, -0.2) is 0 Å². The summed E-state index contributed by atoms with van der Waals surface area (Å²) in [5.41, 5.74) is 1.38. The quantitative estimate of drug-likeness (QED) is 0.364. The highest BCUT2D eigenvalue weighted by Gasteiger charge is 2.38. The van der Waals surface area contributed by atoms with Crippen LogP contribution in [0.1, 0.15) is 48.2 Å². The van der Waals surface area contributed by atoms with Crippen molar-refractivity contribution in [2.24, 2.45) is 11.3 Å². The maximum atomic E-state index is 12.9. The van der Waals surface area contributed by atoms with Crippen LogP contribution in [0.4, 0.5) is 0 Å². The SMILES string of the molecule is Cc1ccc(C)c(OCCC(CC(=O)c2cc(Br)c(O)c(Br)c2)C(C)(C)C(=O)O)c1. The summed E-state index contributed by atoms with van der Waals surface area (Å²) in [6.07, 6.45) is 0.470. The van der Waals surface area contributed by atoms with E-state index < -0.39 is 17.3 Å². The number of ether oxygens (including phenoxy) is 1. The molecule has 7 heteroatoms. The van der Waals surface area contributed by atoms with Crippen LogP contribution >= 0.6 is 31.9 Å². The van der Waals surface area contributed by atoms with E-state index in [9.17, 15) is 19.8 Å². The summed E-state index contributed by atoms with van der Waals surface area (Å²) in [5.74, 6) is -0.808. The largest absolute Gasteiger partial charge is 0.506 e. The third-order valence-corrected chi connectivity index (χ3v) is 6.62. The molecule has 162 valence electrons. The minimum Gasteiger partial charge on any atom is -0.506 e. The normalized spacial score (nSPS) is 12.5. The maximum Gasteiger partial charge on any atom is 0.309 e. The lowest BCUT2D eigenvalue weighted by atomic mass is 9.74. The topological polar surface area (TPSA) is 83.8 Å². The average molecular weight is 542 g/mol. The first-order chi connectivity index (χ1) is 13.9. The molecular formula is C23H26Br2O5. The molecule has 0 spiro atoms. The Balaban J connectivity index is 2.18. The third kappa shape index (κ3) is 5.85. The second-order valence-electron chi connectivity index (χ2n) is 8.05. The van der Waals surface area contributed by atoms with Gasteiger partial charge in [-0.2, -0.15) is 0 Å². The van der Waals surface area contributed by atoms with E-state index in [4.69, 9.17) is 4.74 Å². The summed E-state index contributed by atoms with van der Waals surface area (Å²) < 4.78 is 6.70. The van der Waals surface area contributed by atoms with Gasteiger partial charge in [0.25, 0.3) is 0 Å². The first-order valence-corrected chi connectivity index (χ1v) is 11.2. The molecule has 2 aromatic carbocycles. The molecule has 0 aliphatic carbocycles. The fraction of sp³-hybridized carbons (Fsp3) is 0.391. The Labute approximate surface area is 193 Å². The van der Waals surface area contributed by atoms with Gasteiger partial charge >= 0.3 is 5.97 Å². The Morgan fingerprint density at radius 2 is 1.70 bits per heavy atom. The molecule has 2 aromatic rings. The lowest BCUT2D eigenvalue weighted by molar-refractivity contribution is -0.150. The van der Waals surface area contributed by atoms with Crippen molar-refractivity contribution in [2.45, 2.75) is 40.5 Å². The molecule has 0 amide bonds. The van der Waals surface area contributed by atoms with E-state index >= 15 is 0 Å². The second kappa shape index (κ2) is 9.96. The molecule has 0 saturated carbocycles. The summed E-state index contributed by atoms with van der Waals surface area (Å²) in [6.45, 7) is 7.51. The summed E-state index contributed by atoms with van der Waals surface area (Å²) in [6, 6.07) is 9.02. The minimum atomic E-state index is -1.11. The number of phenols is 1. The lowest BCUT2D eigenvalue weighted by Crippen LogP contribution is -2.35. The van der Waals surface area contributed by atoms with Gasteiger partial charge in [-0.15, -0.1) is 0 Å². The van der Waals surface area contributed by atoms with E-state index in [2.05, 4.69) is 31.9 Å². The minimum absolute atomic E-state index is 0.0101. The predicted molar refractivity (Wildman–Crippen MR) is 123 cm³/mol. The van der Waals surface area contributed by atoms with E-state index in [0.717, 1.165) is 16.9 Å². The number of carboxylic acid groups (broad SMARTS) is 1. The molecule has 0 fully saturated rings. The number of aliphatic carboxylic acids is 1. The van der Waals surface area contributed by atoms with Crippen LogP contribution in [0.25, 0.3) is 0 Å². The lowest BCUT2D eigenvalue weighted by Gasteiger charge is -2.30. The standard InChI is InChI=1S/C23H26Br2O5/c1-13-5-6-14(2)20(9-13)30-8-7-16(23(3,4)22(28)29)12-19(26)15-10-17(24)21(27)18(25)11-15/h5-6,9-11,16,27H,7-8,12H2,1-4H3,(H,28,29). The van der Waals surface area contributed by atoms with Crippen LogP contribution in [0.2, 0.25) is 0 Å². The highest BCUT2D eigenvalue weighted by molar-refractivity contribution is 9.11. The maximum absolute atomic E-state index is 12.9. The van der Waals surface area contributed by atoms with E-state index in [1.807, 2.05) is 32.0 Å². The van der Waals surface area contributed by atoms with Crippen molar-refractivity contribution in [3.05, 3.63) is 56.0 Å². The molecule has 0 aliphatic heterocycles. The Morgan fingerprint density at radius 3 is 2.27 bits per heavy atom. The van der Waals surface area contributed by atoms with E-state index in [1.165, 1.54) is 0 Å². The molecule has 0 radical (unpaired) electrons. The van der Waals surface area contributed by atoms with E-state index in [1.54, 1.807) is 26.0 Å². The molecule has 1 unspecified atom stereocenters. The number of halogens is 2. The number of benzene rings is 2. The zero-order chi connectivity index (χ0) is 22.6. The first-order valence-electron chi connectivity index (χ1n) is 9.58. The highest BCUT2D eigenvalue weighted by Crippen LogP contribution is 2.37. The van der Waals surface area contributed by atoms with Crippen molar-refractivity contribution in [3.63, 3.8) is 0 Å². The molecule has 0 heterocycles. The van der Waals surface area contributed by atoms with Crippen molar-refractivity contribution in [3.8, 4) is 11.5 Å². The number of aryl methyl sites for hydroxylation is 2. The summed E-state index contributed by atoms with van der Waals surface area (Å²) in [5, 5.41) is 19.6. The van der Waals surface area contributed by atoms with Gasteiger partial charge in [0.15, 0.2) is 5.78 Å². The Kier molecular flexibility index (Phi) is 8.11. The fourth-order valence-corrected chi connectivity index (χ4v) is 4.32. The molecule has 0 bridgehead atoms. The molecule has 0 saturated heterocycles. The fourth-order valence-electron chi connectivity index (χ4n) is 3.13. The van der Waals surface area contributed by atoms with Crippen molar-refractivity contribution in [1.29, 1.82) is 0 Å². The van der Waals surface area contributed by atoms with Crippen molar-refractivity contribution < 1.29 is 24.5 Å². The Bertz CT molecular complexity index is 930. The van der Waals surface area contributed by atoms with E-state index in [-0.39, 0.29) is 18.0 Å². The zero-order valence-electron chi connectivity index (χ0n) is 17.5. The average Bonchev–Trinajstić information content (AvgIpc) is 2.67. The van der Waals surface area contributed by atoms with Crippen LogP contribution in [0.15, 0.2) is 39.3 Å². The number of Topliss-reactive ketones (excluding diaryl/α,β-unsaturated/α-hetero) is 1. The number of carboxylic acids is 1. The molecule has 0 aromatic heterocycles. The van der Waals surface area contributed by atoms with Gasteiger partial charge in [-0.05, 0) is 101 Å². The summed E-state index contributed by atoms with van der Waals surface area (Å²) >= 11 is 6.46. The van der Waals surface area contributed by atoms with Crippen LogP contribution < -0.4 is 4.74 Å². The first kappa shape index (κ1) is 24.4. The van der Waals surface area contributed by atoms with Gasteiger partial charge in [0.05, 0.1) is 21.0 Å². The summed E-state index contributed by atoms with van der Waals surface area (Å²) in [4.78, 5) is 24.8. The van der Waals surface area contributed by atoms with Gasteiger partial charge in [0.1, 0.15) is 11.5 Å². The second-order valence-corrected chi connectivity index (χ2v) is 9.75. The number of carbonyl (C=O) groups is 2. The number of carbonyl (C=O) groups excluding carboxylic acids is 1. The number of rotatable bonds is 9. The van der Waals surface area contributed by atoms with Crippen molar-refractivity contribution in [2.75, 3.05) is 6.61 Å². The van der Waals surface area contributed by atoms with Gasteiger partial charge in [-0.3, -0.25) is 9.59 Å². The molecule has 5 nitrogen and oxygen atoms in total. The monoisotopic (exact) mass is 540 g/mol. The van der Waals surface area contributed by atoms with Crippen molar-refractivity contribution in [1.82, 2.24) is 0 Å². The number of hydrogen-bond acceptors (Lipinski definition) is 4. The Hall–Kier alpha value is -1.86. The molecule has 30 heavy (non-hydrogen) atoms. The number of aromatic hydroxyl groups is 1. The van der Waals surface area contributed by atoms with Crippen LogP contribution in [0.5, 0.6) is 11.5 Å². The number of ketones is 1. The molecule has 2 rings (SSSR count). The molecular weight excluding hydrogens is 516 g/mol. The number of phenolic OH excluding ortho intramolecular Hbond substituents is 1. The van der Waals surface area contributed by atoms with E-state index in [0.29, 0.717) is 27.5 Å². The van der Waals surface area contributed by atoms with Crippen LogP contribution in [0.3, 0.4) is 0 Å². The van der Waals surface area contributed by atoms with Gasteiger partial charge < -0.3 is 14.9 Å². The summed E-state index contributed by atoms with van der Waals surface area (Å²) in [7, 11) is 0. The molecule has 2 N–H and O–H groups in total. The van der Waals surface area contributed by atoms with Crippen LogP contribution in [-0.2, 0) is 4.79 Å². The van der Waals surface area contributed by atoms with Gasteiger partial charge in [-0.1, -0.05) is 12.1 Å². The molecule has 1 atom stereocenters. The predicted octanol–water partition coefficient (Wildman–Crippen LogP) is 6.30. The van der Waals surface area contributed by atoms with Crippen molar-refractivity contribution >= 4 is 43.6 Å². The van der Waals surface area contributed by atoms with Gasteiger partial charge in [0, 0.05) is 12.0 Å². The van der Waals surface area contributed by atoms with Crippen LogP contribution in [0, 0.1) is 25.2 Å². The number of hydrogen-bond donors (Lipinski definition) is 2. The zero-order valence-corrected chi connectivity index (χ0v) is 20.6. The van der Waals surface area contributed by atoms with Gasteiger partial charge in [0.2, 0.25) is 0 Å². The van der Waals surface area contributed by atoms with Crippen LogP contribution in [-0.4, -0.2) is 28.6 Å². The smallest absolute Gasteiger partial charge is 0.309 e. The molecule has 0 aliphatic rings. The third-order valence-electron chi connectivity index (χ3n) is 5.41. The highest BCUT2D eigenvalue weighted by atomic mass is 79.9.